The van der Waals surface area contributed by atoms with Gasteiger partial charge in [-0.3, -0.25) is 9.78 Å². The number of carbonyl (C=O) groups excluding carboxylic acids is 1. The highest BCUT2D eigenvalue weighted by Crippen LogP contribution is 2.18. The minimum Gasteiger partial charge on any atom is -0.396 e. The van der Waals surface area contributed by atoms with Crippen molar-refractivity contribution in [3.05, 3.63) is 47.9 Å². The Labute approximate surface area is 139 Å². The monoisotopic (exact) mass is 325 g/mol. The van der Waals surface area contributed by atoms with Crippen molar-refractivity contribution >= 4 is 16.8 Å². The van der Waals surface area contributed by atoms with Gasteiger partial charge in [0.15, 0.2) is 5.69 Å². The van der Waals surface area contributed by atoms with E-state index < -0.39 is 0 Å². The van der Waals surface area contributed by atoms with Crippen LogP contribution in [0.5, 0.6) is 0 Å². The van der Waals surface area contributed by atoms with Crippen molar-refractivity contribution in [2.24, 2.45) is 5.92 Å². The molecule has 3 aromatic rings. The average Bonchev–Trinajstić information content (AvgIpc) is 3.00. The Morgan fingerprint density at radius 3 is 3.00 bits per heavy atom. The van der Waals surface area contributed by atoms with Crippen LogP contribution in [0.15, 0.2) is 36.5 Å². The number of aromatic nitrogens is 4. The molecule has 0 aliphatic carbocycles. The van der Waals surface area contributed by atoms with E-state index >= 15 is 0 Å². The molecule has 1 amide bonds. The quantitative estimate of drug-likeness (QED) is 0.741. The van der Waals surface area contributed by atoms with Gasteiger partial charge in [-0.1, -0.05) is 18.2 Å². The van der Waals surface area contributed by atoms with E-state index in [4.69, 9.17) is 5.11 Å². The van der Waals surface area contributed by atoms with Gasteiger partial charge in [0.1, 0.15) is 0 Å². The van der Waals surface area contributed by atoms with Crippen LogP contribution in [0.3, 0.4) is 0 Å². The number of aliphatic hydroxyl groups excluding tert-OH is 1. The molecule has 3 rings (SSSR count). The molecule has 1 aromatic carbocycles. The van der Waals surface area contributed by atoms with Crippen LogP contribution in [0.2, 0.25) is 0 Å². The summed E-state index contributed by atoms with van der Waals surface area (Å²) in [4.78, 5) is 16.5. The Morgan fingerprint density at radius 2 is 2.21 bits per heavy atom. The van der Waals surface area contributed by atoms with Gasteiger partial charge in [0.05, 0.1) is 16.9 Å². The number of pyridine rings is 1. The summed E-state index contributed by atoms with van der Waals surface area (Å²) in [5.74, 6) is -0.293. The number of nitrogens with one attached hydrogen (secondary N) is 1. The normalized spacial score (nSPS) is 12.3. The molecule has 0 fully saturated rings. The van der Waals surface area contributed by atoms with Crippen LogP contribution in [-0.2, 0) is 0 Å². The molecule has 1 unspecified atom stereocenters. The Hall–Kier alpha value is -2.80. The smallest absolute Gasteiger partial charge is 0.273 e. The predicted molar refractivity (Wildman–Crippen MR) is 90.0 cm³/mol. The summed E-state index contributed by atoms with van der Waals surface area (Å²) >= 11 is 0. The van der Waals surface area contributed by atoms with Crippen molar-refractivity contribution in [1.82, 2.24) is 25.3 Å². The summed E-state index contributed by atoms with van der Waals surface area (Å²) in [6, 6.07) is 9.62. The Balaban J connectivity index is 1.87. The van der Waals surface area contributed by atoms with Crippen molar-refractivity contribution in [1.29, 1.82) is 0 Å². The zero-order valence-electron chi connectivity index (χ0n) is 13.6. The first kappa shape index (κ1) is 16.1. The van der Waals surface area contributed by atoms with Crippen LogP contribution < -0.4 is 5.32 Å². The molecular weight excluding hydrogens is 306 g/mol. The number of benzene rings is 1. The molecular formula is C17H19N5O2. The van der Waals surface area contributed by atoms with Crippen LogP contribution in [0, 0.1) is 12.8 Å². The molecule has 0 saturated carbocycles. The van der Waals surface area contributed by atoms with Gasteiger partial charge in [-0.2, -0.15) is 0 Å². The minimum atomic E-state index is -0.290. The third-order valence-electron chi connectivity index (χ3n) is 3.86. The van der Waals surface area contributed by atoms with Crippen LogP contribution in [0.25, 0.3) is 16.6 Å². The lowest BCUT2D eigenvalue weighted by Crippen LogP contribution is -2.30. The number of fused-ring (bicyclic) bond motifs is 1. The lowest BCUT2D eigenvalue weighted by molar-refractivity contribution is 0.0936. The van der Waals surface area contributed by atoms with Crippen LogP contribution in [-0.4, -0.2) is 44.1 Å². The van der Waals surface area contributed by atoms with Gasteiger partial charge < -0.3 is 10.4 Å². The van der Waals surface area contributed by atoms with E-state index in [0.717, 1.165) is 16.6 Å². The fourth-order valence-corrected chi connectivity index (χ4v) is 2.39. The van der Waals surface area contributed by atoms with Gasteiger partial charge in [0.2, 0.25) is 0 Å². The van der Waals surface area contributed by atoms with Gasteiger partial charge in [0, 0.05) is 24.7 Å². The average molecular weight is 325 g/mol. The Morgan fingerprint density at radius 1 is 1.38 bits per heavy atom. The van der Waals surface area contributed by atoms with Crippen molar-refractivity contribution in [2.75, 3.05) is 13.2 Å². The lowest BCUT2D eigenvalue weighted by atomic mass is 10.2. The van der Waals surface area contributed by atoms with Gasteiger partial charge in [-0.25, -0.2) is 4.68 Å². The van der Waals surface area contributed by atoms with E-state index in [0.29, 0.717) is 12.2 Å². The van der Waals surface area contributed by atoms with E-state index in [-0.39, 0.29) is 24.1 Å². The van der Waals surface area contributed by atoms with Gasteiger partial charge in [-0.15, -0.1) is 5.10 Å². The summed E-state index contributed by atoms with van der Waals surface area (Å²) in [7, 11) is 0. The number of nitrogens with zero attached hydrogens (tertiary/aromatic N) is 4. The number of hydrogen-bond donors (Lipinski definition) is 2. The minimum absolute atomic E-state index is 0.00251. The van der Waals surface area contributed by atoms with Crippen LogP contribution >= 0.6 is 0 Å². The van der Waals surface area contributed by atoms with E-state index in [2.05, 4.69) is 20.6 Å². The van der Waals surface area contributed by atoms with Crippen molar-refractivity contribution in [3.63, 3.8) is 0 Å². The van der Waals surface area contributed by atoms with Crippen molar-refractivity contribution in [2.45, 2.75) is 13.8 Å². The molecule has 0 spiro atoms. The molecule has 0 radical (unpaired) electrons. The SMILES string of the molecule is Cc1c(C(=O)NCC(C)CO)nnn1-c1ccc2ncccc2c1. The maximum atomic E-state index is 12.2. The summed E-state index contributed by atoms with van der Waals surface area (Å²) in [6.07, 6.45) is 1.75. The second-order valence-electron chi connectivity index (χ2n) is 5.81. The largest absolute Gasteiger partial charge is 0.396 e. The Kier molecular flexibility index (Phi) is 4.52. The van der Waals surface area contributed by atoms with Crippen LogP contribution in [0.4, 0.5) is 0 Å². The van der Waals surface area contributed by atoms with Crippen molar-refractivity contribution in [3.8, 4) is 5.69 Å². The molecule has 124 valence electrons. The van der Waals surface area contributed by atoms with Gasteiger partial charge >= 0.3 is 0 Å². The first-order chi connectivity index (χ1) is 11.6. The highest BCUT2D eigenvalue weighted by Gasteiger charge is 2.17. The topological polar surface area (TPSA) is 92.9 Å². The number of rotatable bonds is 5. The second kappa shape index (κ2) is 6.76. The third kappa shape index (κ3) is 3.11. The fourth-order valence-electron chi connectivity index (χ4n) is 2.39. The standard InChI is InChI=1S/C17H19N5O2/c1-11(10-23)9-19-17(24)16-12(2)22(21-20-16)14-5-6-15-13(8-14)4-3-7-18-15/h3-8,11,23H,9-10H2,1-2H3,(H,19,24). The van der Waals surface area contributed by atoms with Crippen molar-refractivity contribution < 1.29 is 9.90 Å². The fraction of sp³-hybridized carbons (Fsp3) is 0.294. The van der Waals surface area contributed by atoms with Gasteiger partial charge in [-0.05, 0) is 37.1 Å². The predicted octanol–water partition coefficient (Wildman–Crippen LogP) is 1.48. The first-order valence-corrected chi connectivity index (χ1v) is 7.76. The van der Waals surface area contributed by atoms with E-state index in [1.54, 1.807) is 17.8 Å². The molecule has 2 N–H and O–H groups in total. The molecule has 0 saturated heterocycles. The first-order valence-electron chi connectivity index (χ1n) is 7.76. The number of amides is 1. The second-order valence-corrected chi connectivity index (χ2v) is 5.81. The maximum Gasteiger partial charge on any atom is 0.273 e. The number of carbonyl (C=O) groups is 1. The highest BCUT2D eigenvalue weighted by molar-refractivity contribution is 5.93. The molecule has 0 aliphatic rings. The van der Waals surface area contributed by atoms with E-state index in [1.165, 1.54) is 0 Å². The van der Waals surface area contributed by atoms with E-state index in [9.17, 15) is 4.79 Å². The zero-order chi connectivity index (χ0) is 17.1. The molecule has 7 heteroatoms. The summed E-state index contributed by atoms with van der Waals surface area (Å²) in [5, 5.41) is 20.9. The lowest BCUT2D eigenvalue weighted by Gasteiger charge is -2.09. The molecule has 0 aliphatic heterocycles. The zero-order valence-corrected chi connectivity index (χ0v) is 13.6. The Bertz CT molecular complexity index is 874. The van der Waals surface area contributed by atoms with E-state index in [1.807, 2.05) is 37.3 Å². The summed E-state index contributed by atoms with van der Waals surface area (Å²) in [5.41, 5.74) is 2.66. The molecule has 1 atom stereocenters. The third-order valence-corrected chi connectivity index (χ3v) is 3.86. The molecule has 2 aromatic heterocycles. The molecule has 2 heterocycles. The maximum absolute atomic E-state index is 12.2. The number of aliphatic hydroxyl groups is 1. The molecule has 24 heavy (non-hydrogen) atoms. The van der Waals surface area contributed by atoms with Crippen LogP contribution in [0.1, 0.15) is 23.1 Å². The highest BCUT2D eigenvalue weighted by atomic mass is 16.3. The molecule has 0 bridgehead atoms. The molecule has 7 nitrogen and oxygen atoms in total. The van der Waals surface area contributed by atoms with Gasteiger partial charge in [0.25, 0.3) is 5.91 Å². The summed E-state index contributed by atoms with van der Waals surface area (Å²) in [6.45, 7) is 4.07. The summed E-state index contributed by atoms with van der Waals surface area (Å²) < 4.78 is 1.64. The number of hydrogen-bond acceptors (Lipinski definition) is 5.